The van der Waals surface area contributed by atoms with Crippen LogP contribution in [0.25, 0.3) is 0 Å². The fraction of sp³-hybridized carbons (Fsp3) is 0.500. The zero-order chi connectivity index (χ0) is 21.0. The minimum absolute atomic E-state index is 0.00925. The van der Waals surface area contributed by atoms with Crippen LogP contribution in [0.1, 0.15) is 32.8 Å². The van der Waals surface area contributed by atoms with E-state index in [1.807, 2.05) is 0 Å². The van der Waals surface area contributed by atoms with E-state index in [1.54, 1.807) is 20.8 Å². The smallest absolute Gasteiger partial charge is 0.294 e. The lowest BCUT2D eigenvalue weighted by molar-refractivity contribution is -0.439. The molecule has 1 aromatic carbocycles. The maximum atomic E-state index is 11.7. The highest BCUT2D eigenvalue weighted by Gasteiger charge is 2.46. The van der Waals surface area contributed by atoms with Crippen molar-refractivity contribution in [1.29, 1.82) is 0 Å². The van der Waals surface area contributed by atoms with Gasteiger partial charge in [0.2, 0.25) is 5.69 Å². The van der Waals surface area contributed by atoms with E-state index in [0.717, 1.165) is 6.07 Å². The molecule has 13 heteroatoms. The van der Waals surface area contributed by atoms with Gasteiger partial charge in [-0.25, -0.2) is 8.42 Å². The molecule has 0 bridgehead atoms. The van der Waals surface area contributed by atoms with E-state index in [4.69, 9.17) is 4.55 Å². The van der Waals surface area contributed by atoms with Gasteiger partial charge in [-0.05, 0) is 19.9 Å². The molecule has 2 rings (SSSR count). The molecular formula is C14H19NO9S3. The predicted molar refractivity (Wildman–Crippen MR) is 93.7 cm³/mol. The molecule has 0 saturated carbocycles. The SMILES string of the molecule is CC1=[N+](CCCS(=O)(=O)O)c2cc(S(=O)(=O)O)cc(S(=O)(=O)[O-])c2C1(C)C. The van der Waals surface area contributed by atoms with Crippen molar-refractivity contribution in [2.24, 2.45) is 0 Å². The number of nitrogens with zero attached hydrogens (tertiary/aromatic N) is 1. The summed E-state index contributed by atoms with van der Waals surface area (Å²) >= 11 is 0. The molecule has 1 aliphatic heterocycles. The van der Waals surface area contributed by atoms with Gasteiger partial charge in [-0.1, -0.05) is 0 Å². The molecule has 0 atom stereocenters. The van der Waals surface area contributed by atoms with Gasteiger partial charge in [0.15, 0.2) is 5.71 Å². The molecule has 152 valence electrons. The zero-order valence-electron chi connectivity index (χ0n) is 14.7. The normalized spacial score (nSPS) is 17.3. The van der Waals surface area contributed by atoms with Gasteiger partial charge in [-0.3, -0.25) is 9.11 Å². The Bertz CT molecular complexity index is 1140. The zero-order valence-corrected chi connectivity index (χ0v) is 17.1. The Morgan fingerprint density at radius 1 is 1.07 bits per heavy atom. The van der Waals surface area contributed by atoms with E-state index in [0.29, 0.717) is 11.8 Å². The molecule has 0 unspecified atom stereocenters. The molecule has 0 saturated heterocycles. The lowest BCUT2D eigenvalue weighted by atomic mass is 9.82. The van der Waals surface area contributed by atoms with Crippen molar-refractivity contribution in [3.05, 3.63) is 17.7 Å². The molecule has 1 heterocycles. The maximum absolute atomic E-state index is 11.7. The predicted octanol–water partition coefficient (Wildman–Crippen LogP) is 0.511. The number of hydrogen-bond donors (Lipinski definition) is 2. The molecule has 0 aliphatic carbocycles. The summed E-state index contributed by atoms with van der Waals surface area (Å²) in [4.78, 5) is -1.53. The Labute approximate surface area is 157 Å². The lowest BCUT2D eigenvalue weighted by Crippen LogP contribution is -2.28. The van der Waals surface area contributed by atoms with E-state index in [-0.39, 0.29) is 24.2 Å². The van der Waals surface area contributed by atoms with Crippen LogP contribution in [0.2, 0.25) is 0 Å². The van der Waals surface area contributed by atoms with Crippen LogP contribution in [0.5, 0.6) is 0 Å². The second kappa shape index (κ2) is 6.60. The number of fused-ring (bicyclic) bond motifs is 1. The average Bonchev–Trinajstić information content (AvgIpc) is 2.64. The second-order valence-corrected chi connectivity index (χ2v) is 11.1. The van der Waals surface area contributed by atoms with Crippen molar-refractivity contribution in [3.8, 4) is 0 Å². The maximum Gasteiger partial charge on any atom is 0.294 e. The molecule has 10 nitrogen and oxygen atoms in total. The van der Waals surface area contributed by atoms with Gasteiger partial charge in [0.1, 0.15) is 21.6 Å². The van der Waals surface area contributed by atoms with Gasteiger partial charge in [0.05, 0.1) is 21.6 Å². The van der Waals surface area contributed by atoms with Crippen molar-refractivity contribution < 1.29 is 43.5 Å². The number of hydrogen-bond acceptors (Lipinski definition) is 7. The average molecular weight is 442 g/mol. The van der Waals surface area contributed by atoms with Gasteiger partial charge in [0.25, 0.3) is 20.2 Å². The van der Waals surface area contributed by atoms with Crippen molar-refractivity contribution >= 4 is 41.8 Å². The lowest BCUT2D eigenvalue weighted by Gasteiger charge is -2.20. The van der Waals surface area contributed by atoms with Crippen molar-refractivity contribution in [3.63, 3.8) is 0 Å². The van der Waals surface area contributed by atoms with E-state index in [2.05, 4.69) is 0 Å². The van der Waals surface area contributed by atoms with Gasteiger partial charge in [0, 0.05) is 19.4 Å². The van der Waals surface area contributed by atoms with Crippen LogP contribution in [0, 0.1) is 0 Å². The molecule has 0 aromatic heterocycles. The van der Waals surface area contributed by atoms with Gasteiger partial charge in [-0.2, -0.15) is 21.4 Å². The first-order valence-corrected chi connectivity index (χ1v) is 12.1. The summed E-state index contributed by atoms with van der Waals surface area (Å²) in [7, 11) is -14.1. The van der Waals surface area contributed by atoms with Crippen molar-refractivity contribution in [2.45, 2.75) is 42.4 Å². The Morgan fingerprint density at radius 2 is 1.63 bits per heavy atom. The molecule has 1 aromatic rings. The third kappa shape index (κ3) is 4.38. The fourth-order valence-electron chi connectivity index (χ4n) is 3.16. The van der Waals surface area contributed by atoms with Gasteiger partial charge in [-0.15, -0.1) is 0 Å². The standard InChI is InChI=1S/C14H19NO9S3/c1-9-14(2,3)13-11(15(9)5-4-6-25(16,17)18)7-10(26(19,20)21)8-12(13)27(22,23)24/h7-8H,4-6H2,1-3H3,(H2-,16,17,18,19,20,21,22,23,24). The first-order chi connectivity index (χ1) is 12.0. The van der Waals surface area contributed by atoms with Crippen molar-refractivity contribution in [2.75, 3.05) is 12.3 Å². The van der Waals surface area contributed by atoms with E-state index in [9.17, 15) is 34.4 Å². The van der Waals surface area contributed by atoms with Crippen LogP contribution < -0.4 is 0 Å². The summed E-state index contributed by atoms with van der Waals surface area (Å²) in [5.41, 5.74) is -0.297. The molecule has 27 heavy (non-hydrogen) atoms. The molecular weight excluding hydrogens is 422 g/mol. The monoisotopic (exact) mass is 441 g/mol. The Morgan fingerprint density at radius 3 is 2.07 bits per heavy atom. The molecule has 0 fully saturated rings. The summed E-state index contributed by atoms with van der Waals surface area (Å²) in [6.07, 6.45) is -0.0404. The summed E-state index contributed by atoms with van der Waals surface area (Å²) in [5.74, 6) is -0.558. The quantitative estimate of drug-likeness (QED) is 0.472. The Hall–Kier alpha value is -1.38. The summed E-state index contributed by atoms with van der Waals surface area (Å²) in [6.45, 7) is 4.90. The highest BCUT2D eigenvalue weighted by atomic mass is 32.2. The minimum Gasteiger partial charge on any atom is -0.744 e. The minimum atomic E-state index is -5.07. The first kappa shape index (κ1) is 21.9. The van der Waals surface area contributed by atoms with Gasteiger partial charge < -0.3 is 4.55 Å². The second-order valence-electron chi connectivity index (χ2n) is 6.75. The van der Waals surface area contributed by atoms with Crippen LogP contribution in [0.3, 0.4) is 0 Å². The van der Waals surface area contributed by atoms with E-state index in [1.165, 1.54) is 4.58 Å². The Balaban J connectivity index is 2.76. The summed E-state index contributed by atoms with van der Waals surface area (Å²) in [6, 6.07) is 1.65. The fourth-order valence-corrected chi connectivity index (χ4v) is 5.13. The molecule has 2 N–H and O–H groups in total. The molecule has 1 aliphatic rings. The largest absolute Gasteiger partial charge is 0.744 e. The third-order valence-electron chi connectivity index (χ3n) is 4.63. The van der Waals surface area contributed by atoms with Crippen LogP contribution in [0.15, 0.2) is 21.9 Å². The molecule has 0 radical (unpaired) electrons. The number of benzene rings is 1. The highest BCUT2D eigenvalue weighted by molar-refractivity contribution is 7.86. The number of rotatable bonds is 6. The van der Waals surface area contributed by atoms with Gasteiger partial charge >= 0.3 is 0 Å². The summed E-state index contributed by atoms with van der Waals surface area (Å²) < 4.78 is 99.8. The highest BCUT2D eigenvalue weighted by Crippen LogP contribution is 2.44. The van der Waals surface area contributed by atoms with Crippen LogP contribution in [-0.4, -0.2) is 61.5 Å². The van der Waals surface area contributed by atoms with Crippen LogP contribution >= 0.6 is 0 Å². The molecule has 0 spiro atoms. The van der Waals surface area contributed by atoms with Crippen LogP contribution in [0.4, 0.5) is 5.69 Å². The van der Waals surface area contributed by atoms with E-state index >= 15 is 0 Å². The van der Waals surface area contributed by atoms with Crippen LogP contribution in [-0.2, 0) is 35.8 Å². The topological polar surface area (TPSA) is 169 Å². The molecule has 0 amide bonds. The van der Waals surface area contributed by atoms with Crippen molar-refractivity contribution in [1.82, 2.24) is 0 Å². The van der Waals surface area contributed by atoms with E-state index < -0.39 is 51.3 Å². The third-order valence-corrected chi connectivity index (χ3v) is 7.13. The first-order valence-electron chi connectivity index (χ1n) is 7.65. The summed E-state index contributed by atoms with van der Waals surface area (Å²) in [5, 5.41) is 0. The Kier molecular flexibility index (Phi) is 5.36.